The van der Waals surface area contributed by atoms with Crippen LogP contribution >= 0.6 is 0 Å². The fraction of sp³-hybridized carbons (Fsp3) is 0.333. The van der Waals surface area contributed by atoms with Gasteiger partial charge in [-0.05, 0) is 72.8 Å². The molecule has 0 saturated heterocycles. The van der Waals surface area contributed by atoms with Crippen LogP contribution in [0.15, 0.2) is 84.9 Å². The summed E-state index contributed by atoms with van der Waals surface area (Å²) in [4.78, 5) is 22.7. The largest absolute Gasteiger partial charge is 0.491 e. The molecule has 0 atom stereocenters. The monoisotopic (exact) mass is 810 g/mol. The van der Waals surface area contributed by atoms with Gasteiger partial charge < -0.3 is 57.6 Å². The summed E-state index contributed by atoms with van der Waals surface area (Å²) in [6, 6.07) is 23.2. The van der Waals surface area contributed by atoms with Crippen LogP contribution in [0, 0.1) is 23.7 Å². The molecule has 4 aliphatic heterocycles. The van der Waals surface area contributed by atoms with Crippen LogP contribution in [0.1, 0.15) is 43.0 Å². The summed E-state index contributed by atoms with van der Waals surface area (Å²) in [7, 11) is 0. The Balaban J connectivity index is 1.28. The van der Waals surface area contributed by atoms with Gasteiger partial charge in [-0.2, -0.15) is 0 Å². The summed E-state index contributed by atoms with van der Waals surface area (Å²) < 4.78 is 57.4. The van der Waals surface area contributed by atoms with Gasteiger partial charge in [-0.15, -0.1) is 0 Å². The fourth-order valence-electron chi connectivity index (χ4n) is 5.09. The Bertz CT molecular complexity index is 2020. The van der Waals surface area contributed by atoms with Gasteiger partial charge in [-0.1, -0.05) is 23.7 Å². The number of carboxylic acid groups (broad SMARTS) is 2. The van der Waals surface area contributed by atoms with Crippen LogP contribution in [0.3, 0.4) is 0 Å². The highest BCUT2D eigenvalue weighted by Crippen LogP contribution is 2.29. The summed E-state index contributed by atoms with van der Waals surface area (Å²) in [5.41, 5.74) is 2.47. The number of ether oxygens (including phenoxy) is 10. The Kier molecular flexibility index (Phi) is 18.9. The maximum absolute atomic E-state index is 11.3. The summed E-state index contributed by atoms with van der Waals surface area (Å²) in [5, 5.41) is 18.6. The number of carbonyl (C=O) groups is 2. The van der Waals surface area contributed by atoms with Gasteiger partial charge in [-0.25, -0.2) is 9.59 Å². The topological polar surface area (TPSA) is 167 Å². The van der Waals surface area contributed by atoms with Crippen molar-refractivity contribution >= 4 is 11.9 Å². The van der Waals surface area contributed by atoms with Gasteiger partial charge in [-0.3, -0.25) is 0 Å². The molecule has 59 heavy (non-hydrogen) atoms. The van der Waals surface area contributed by atoms with E-state index in [2.05, 4.69) is 23.7 Å². The number of carboxylic acids is 2. The molecule has 4 heterocycles. The van der Waals surface area contributed by atoms with Gasteiger partial charge in [0.15, 0.2) is 0 Å². The van der Waals surface area contributed by atoms with E-state index in [-0.39, 0.29) is 44.3 Å². The van der Waals surface area contributed by atoms with E-state index in [1.165, 1.54) is 24.3 Å². The molecule has 2 N–H and O–H groups in total. The quantitative estimate of drug-likeness (QED) is 0.255. The molecular formula is C45H46O14. The molecule has 4 aromatic rings. The average molecular weight is 811 g/mol. The van der Waals surface area contributed by atoms with Crippen molar-refractivity contribution in [1.29, 1.82) is 0 Å². The number of benzene rings is 4. The van der Waals surface area contributed by atoms with E-state index < -0.39 is 11.9 Å². The first kappa shape index (κ1) is 44.0. The number of aromatic carboxylic acids is 2. The van der Waals surface area contributed by atoms with Crippen molar-refractivity contribution in [2.75, 3.05) is 99.3 Å². The van der Waals surface area contributed by atoms with E-state index in [0.717, 1.165) is 0 Å². The van der Waals surface area contributed by atoms with Crippen LogP contribution < -0.4 is 18.9 Å². The fourth-order valence-corrected chi connectivity index (χ4v) is 5.09. The molecule has 0 fully saturated rings. The SMILES string of the molecule is O=C(O)c1ccc(C#Cc2cc3c(C#Cc4ccc(C(=O)O)cc4)cc2OCCOCCOCCOCCOc2ccc(cc2)OCCOCOCCOCCO3)cc1. The lowest BCUT2D eigenvalue weighted by Crippen LogP contribution is -2.14. The summed E-state index contributed by atoms with van der Waals surface area (Å²) in [5.74, 6) is 12.6. The van der Waals surface area contributed by atoms with Crippen molar-refractivity contribution in [2.24, 2.45) is 0 Å². The number of hydrogen-bond donors (Lipinski definition) is 2. The van der Waals surface area contributed by atoms with Crippen molar-refractivity contribution in [3.05, 3.63) is 118 Å². The molecule has 4 bridgehead atoms. The van der Waals surface area contributed by atoms with Gasteiger partial charge in [0.25, 0.3) is 0 Å². The van der Waals surface area contributed by atoms with Gasteiger partial charge in [0.2, 0.25) is 0 Å². The van der Waals surface area contributed by atoms with Gasteiger partial charge in [0, 0.05) is 23.3 Å². The minimum atomic E-state index is -1.03. The van der Waals surface area contributed by atoms with Crippen LogP contribution in [0.2, 0.25) is 0 Å². The predicted molar refractivity (Wildman–Crippen MR) is 214 cm³/mol. The first-order valence-corrected chi connectivity index (χ1v) is 18.9. The molecule has 0 spiro atoms. The summed E-state index contributed by atoms with van der Waals surface area (Å²) >= 11 is 0. The molecule has 0 saturated carbocycles. The van der Waals surface area contributed by atoms with Crippen molar-refractivity contribution in [2.45, 2.75) is 0 Å². The highest BCUT2D eigenvalue weighted by Gasteiger charge is 2.12. The van der Waals surface area contributed by atoms with Crippen LogP contribution in [-0.4, -0.2) is 121 Å². The van der Waals surface area contributed by atoms with Crippen LogP contribution in [0.5, 0.6) is 23.0 Å². The molecule has 8 rings (SSSR count). The van der Waals surface area contributed by atoms with Crippen molar-refractivity contribution in [3.63, 3.8) is 0 Å². The molecular weight excluding hydrogens is 764 g/mol. The Morgan fingerprint density at radius 3 is 1.08 bits per heavy atom. The van der Waals surface area contributed by atoms with Crippen LogP contribution in [-0.2, 0) is 28.4 Å². The molecule has 310 valence electrons. The second kappa shape index (κ2) is 25.3. The van der Waals surface area contributed by atoms with Gasteiger partial charge >= 0.3 is 11.9 Å². The minimum Gasteiger partial charge on any atom is -0.491 e. The van der Waals surface area contributed by atoms with E-state index in [9.17, 15) is 19.8 Å². The third-order valence-corrected chi connectivity index (χ3v) is 8.10. The van der Waals surface area contributed by atoms with E-state index in [1.54, 1.807) is 36.4 Å². The highest BCUT2D eigenvalue weighted by molar-refractivity contribution is 5.88. The Hall–Kier alpha value is -6.10. The maximum Gasteiger partial charge on any atom is 0.335 e. The van der Waals surface area contributed by atoms with Gasteiger partial charge in [0.05, 0.1) is 88.3 Å². The Labute approximate surface area is 342 Å². The normalized spacial score (nSPS) is 15.6. The maximum atomic E-state index is 11.3. The zero-order valence-electron chi connectivity index (χ0n) is 32.5. The van der Waals surface area contributed by atoms with E-state index in [0.29, 0.717) is 111 Å². The molecule has 4 aliphatic rings. The van der Waals surface area contributed by atoms with Crippen LogP contribution in [0.4, 0.5) is 0 Å². The lowest BCUT2D eigenvalue weighted by atomic mass is 10.1. The van der Waals surface area contributed by atoms with Crippen molar-refractivity contribution < 1.29 is 67.2 Å². The zero-order chi connectivity index (χ0) is 41.3. The van der Waals surface area contributed by atoms with Crippen molar-refractivity contribution in [3.8, 4) is 46.7 Å². The predicted octanol–water partition coefficient (Wildman–Crippen LogP) is 5.17. The second-order valence-corrected chi connectivity index (χ2v) is 12.4. The number of hydrogen-bond acceptors (Lipinski definition) is 12. The lowest BCUT2D eigenvalue weighted by Gasteiger charge is -2.14. The van der Waals surface area contributed by atoms with E-state index >= 15 is 0 Å². The molecule has 14 nitrogen and oxygen atoms in total. The molecule has 0 unspecified atom stereocenters. The van der Waals surface area contributed by atoms with E-state index in [1.807, 2.05) is 24.3 Å². The zero-order valence-corrected chi connectivity index (χ0v) is 32.5. The van der Waals surface area contributed by atoms with Crippen molar-refractivity contribution in [1.82, 2.24) is 0 Å². The third kappa shape index (κ3) is 16.4. The molecule has 0 radical (unpaired) electrons. The third-order valence-electron chi connectivity index (χ3n) is 8.10. The molecule has 4 aromatic carbocycles. The standard InChI is InChI=1S/C45H46O14/c46-44(47)36-7-1-34(2-8-36)5-11-38-32-43-39(12-6-35-3-9-37(10-4-35)45(48)49)31-42(38)58-29-24-52-20-18-50-17-19-51-23-27-56-40-13-15-41(16-14-40)57-28-26-55-33-54-22-21-53-25-30-59-43/h1-4,7-10,13-16,31-32H,17-30,33H2,(H,46,47)(H,48,49). The Morgan fingerprint density at radius 1 is 0.390 bits per heavy atom. The number of rotatable bonds is 2. The first-order valence-electron chi connectivity index (χ1n) is 18.9. The Morgan fingerprint density at radius 2 is 0.712 bits per heavy atom. The second-order valence-electron chi connectivity index (χ2n) is 12.4. The van der Waals surface area contributed by atoms with Crippen LogP contribution in [0.25, 0.3) is 0 Å². The smallest absolute Gasteiger partial charge is 0.335 e. The van der Waals surface area contributed by atoms with E-state index in [4.69, 9.17) is 47.4 Å². The molecule has 14 heteroatoms. The highest BCUT2D eigenvalue weighted by atomic mass is 16.7. The minimum absolute atomic E-state index is 0.0827. The lowest BCUT2D eigenvalue weighted by molar-refractivity contribution is -0.0754. The molecule has 0 amide bonds. The average Bonchev–Trinajstić information content (AvgIpc) is 3.25. The molecule has 0 aromatic heterocycles. The molecule has 0 aliphatic carbocycles. The first-order chi connectivity index (χ1) is 28.9. The van der Waals surface area contributed by atoms with Gasteiger partial charge in [0.1, 0.15) is 56.2 Å². The summed E-state index contributed by atoms with van der Waals surface area (Å²) in [6.07, 6.45) is 0. The summed E-state index contributed by atoms with van der Waals surface area (Å²) in [6.45, 7) is 4.57.